The van der Waals surface area contributed by atoms with Gasteiger partial charge in [0, 0.05) is 18.6 Å². The number of rotatable bonds is 5. The van der Waals surface area contributed by atoms with Gasteiger partial charge in [-0.3, -0.25) is 9.10 Å². The second kappa shape index (κ2) is 6.13. The molecule has 6 nitrogen and oxygen atoms in total. The fourth-order valence-electron chi connectivity index (χ4n) is 3.26. The zero-order valence-corrected chi connectivity index (χ0v) is 14.2. The Morgan fingerprint density at radius 1 is 1.35 bits per heavy atom. The van der Waals surface area contributed by atoms with Crippen molar-refractivity contribution >= 4 is 21.6 Å². The van der Waals surface area contributed by atoms with Gasteiger partial charge >= 0.3 is 0 Å². The number of benzene rings is 1. The summed E-state index contributed by atoms with van der Waals surface area (Å²) >= 11 is 0. The molecule has 23 heavy (non-hydrogen) atoms. The molecular formula is C16H22N2O4S. The molecule has 1 heterocycles. The van der Waals surface area contributed by atoms with E-state index in [1.165, 1.54) is 0 Å². The third-order valence-corrected chi connectivity index (χ3v) is 5.76. The van der Waals surface area contributed by atoms with Crippen molar-refractivity contribution in [1.29, 1.82) is 0 Å². The maximum absolute atomic E-state index is 12.3. The zero-order valence-electron chi connectivity index (χ0n) is 13.4. The van der Waals surface area contributed by atoms with Gasteiger partial charge in [0.25, 0.3) is 0 Å². The Bertz CT molecular complexity index is 687. The van der Waals surface area contributed by atoms with Gasteiger partial charge in [0.15, 0.2) is 0 Å². The summed E-state index contributed by atoms with van der Waals surface area (Å²) in [5.74, 6) is 0.108. The summed E-state index contributed by atoms with van der Waals surface area (Å²) < 4.78 is 30.7. The topological polar surface area (TPSA) is 75.7 Å². The maximum Gasteiger partial charge on any atom is 0.241 e. The van der Waals surface area contributed by atoms with Gasteiger partial charge in [-0.05, 0) is 31.9 Å². The third kappa shape index (κ3) is 3.50. The van der Waals surface area contributed by atoms with Gasteiger partial charge in [0.1, 0.15) is 6.54 Å². The highest BCUT2D eigenvalue weighted by molar-refractivity contribution is 7.92. The highest BCUT2D eigenvalue weighted by atomic mass is 32.2. The Labute approximate surface area is 136 Å². The minimum atomic E-state index is -3.52. The first-order valence-corrected chi connectivity index (χ1v) is 9.65. The molecule has 3 atom stereocenters. The van der Waals surface area contributed by atoms with Crippen LogP contribution in [0.25, 0.3) is 0 Å². The number of carbonyl (C=O) groups excluding carboxylic acids is 1. The molecule has 1 saturated heterocycles. The molecule has 1 aliphatic carbocycles. The van der Waals surface area contributed by atoms with Crippen molar-refractivity contribution < 1.29 is 17.9 Å². The van der Waals surface area contributed by atoms with Gasteiger partial charge in [0.2, 0.25) is 15.9 Å². The highest BCUT2D eigenvalue weighted by Crippen LogP contribution is 2.38. The molecule has 3 rings (SSSR count). The molecule has 0 aromatic heterocycles. The molecule has 0 spiro atoms. The first kappa shape index (κ1) is 16.3. The van der Waals surface area contributed by atoms with E-state index in [0.29, 0.717) is 11.6 Å². The molecule has 1 saturated carbocycles. The first-order chi connectivity index (χ1) is 10.8. The molecule has 1 aromatic carbocycles. The van der Waals surface area contributed by atoms with Crippen molar-refractivity contribution in [1.82, 2.24) is 5.32 Å². The number of aryl methyl sites for hydroxylation is 1. The van der Waals surface area contributed by atoms with E-state index in [1.54, 1.807) is 12.1 Å². The lowest BCUT2D eigenvalue weighted by atomic mass is 9.76. The van der Waals surface area contributed by atoms with E-state index in [2.05, 4.69) is 5.32 Å². The Morgan fingerprint density at radius 3 is 2.65 bits per heavy atom. The molecule has 0 radical (unpaired) electrons. The number of carbonyl (C=O) groups is 1. The minimum Gasteiger partial charge on any atom is -0.378 e. The van der Waals surface area contributed by atoms with Crippen LogP contribution in [-0.4, -0.2) is 45.9 Å². The molecule has 1 aliphatic heterocycles. The molecule has 2 aliphatic rings. The Morgan fingerprint density at radius 2 is 2.04 bits per heavy atom. The fourth-order valence-corrected chi connectivity index (χ4v) is 4.11. The number of nitrogens with zero attached hydrogens (tertiary/aromatic N) is 1. The van der Waals surface area contributed by atoms with Crippen molar-refractivity contribution in [2.75, 3.05) is 23.7 Å². The third-order valence-electron chi connectivity index (χ3n) is 4.62. The van der Waals surface area contributed by atoms with Gasteiger partial charge < -0.3 is 10.1 Å². The largest absolute Gasteiger partial charge is 0.378 e. The smallest absolute Gasteiger partial charge is 0.241 e. The molecule has 126 valence electrons. The van der Waals surface area contributed by atoms with E-state index in [1.807, 2.05) is 19.1 Å². The van der Waals surface area contributed by atoms with Crippen LogP contribution in [-0.2, 0) is 19.6 Å². The molecule has 1 aromatic rings. The highest BCUT2D eigenvalue weighted by Gasteiger charge is 2.45. The van der Waals surface area contributed by atoms with Crippen molar-refractivity contribution in [3.8, 4) is 0 Å². The first-order valence-electron chi connectivity index (χ1n) is 7.80. The van der Waals surface area contributed by atoms with Crippen LogP contribution in [0.15, 0.2) is 24.3 Å². The van der Waals surface area contributed by atoms with Crippen molar-refractivity contribution in [2.45, 2.75) is 31.9 Å². The molecule has 1 amide bonds. The summed E-state index contributed by atoms with van der Waals surface area (Å²) in [6.45, 7) is 2.48. The summed E-state index contributed by atoms with van der Waals surface area (Å²) in [5, 5.41) is 2.95. The van der Waals surface area contributed by atoms with Gasteiger partial charge in [-0.25, -0.2) is 8.42 Å². The number of anilines is 1. The average molecular weight is 338 g/mol. The predicted molar refractivity (Wildman–Crippen MR) is 87.8 cm³/mol. The van der Waals surface area contributed by atoms with Crippen LogP contribution in [0.4, 0.5) is 5.69 Å². The molecule has 7 heteroatoms. The van der Waals surface area contributed by atoms with Crippen molar-refractivity contribution in [3.63, 3.8) is 0 Å². The summed E-state index contributed by atoms with van der Waals surface area (Å²) in [5.41, 5.74) is 1.54. The van der Waals surface area contributed by atoms with Crippen LogP contribution >= 0.6 is 0 Å². The normalized spacial score (nSPS) is 26.3. The quantitative estimate of drug-likeness (QED) is 0.871. The Kier molecular flexibility index (Phi) is 4.33. The number of hydrogen-bond donors (Lipinski definition) is 1. The van der Waals surface area contributed by atoms with E-state index in [-0.39, 0.29) is 24.6 Å². The molecule has 2 fully saturated rings. The maximum atomic E-state index is 12.3. The summed E-state index contributed by atoms with van der Waals surface area (Å²) in [6.07, 6.45) is 3.16. The van der Waals surface area contributed by atoms with E-state index in [4.69, 9.17) is 4.74 Å². The van der Waals surface area contributed by atoms with Gasteiger partial charge in [-0.1, -0.05) is 17.7 Å². The summed E-state index contributed by atoms with van der Waals surface area (Å²) in [4.78, 5) is 12.3. The van der Waals surface area contributed by atoms with Gasteiger partial charge in [-0.15, -0.1) is 0 Å². The van der Waals surface area contributed by atoms with Crippen LogP contribution in [0.5, 0.6) is 0 Å². The lowest BCUT2D eigenvalue weighted by Gasteiger charge is -2.39. The van der Waals surface area contributed by atoms with E-state index in [0.717, 1.165) is 35.6 Å². The van der Waals surface area contributed by atoms with Gasteiger partial charge in [-0.2, -0.15) is 0 Å². The zero-order chi connectivity index (χ0) is 16.6. The van der Waals surface area contributed by atoms with Crippen LogP contribution in [0, 0.1) is 12.8 Å². The van der Waals surface area contributed by atoms with Crippen molar-refractivity contribution in [3.05, 3.63) is 29.8 Å². The van der Waals surface area contributed by atoms with Gasteiger partial charge in [0.05, 0.1) is 18.0 Å². The lowest BCUT2D eigenvalue weighted by Crippen LogP contribution is -2.55. The molecule has 0 bridgehead atoms. The fraction of sp³-hybridized carbons (Fsp3) is 0.562. The summed E-state index contributed by atoms with van der Waals surface area (Å²) in [7, 11) is -3.52. The summed E-state index contributed by atoms with van der Waals surface area (Å²) in [6, 6.07) is 7.20. The molecule has 0 unspecified atom stereocenters. The van der Waals surface area contributed by atoms with Crippen LogP contribution in [0.2, 0.25) is 0 Å². The number of hydrogen-bond acceptors (Lipinski definition) is 4. The van der Waals surface area contributed by atoms with E-state index in [9.17, 15) is 13.2 Å². The monoisotopic (exact) mass is 338 g/mol. The number of amides is 1. The lowest BCUT2D eigenvalue weighted by molar-refractivity contribution is -0.122. The number of sulfonamides is 1. The number of nitrogens with one attached hydrogen (secondary N) is 1. The Balaban J connectivity index is 1.66. The number of fused-ring (bicyclic) bond motifs is 1. The second-order valence-corrected chi connectivity index (χ2v) is 8.28. The van der Waals surface area contributed by atoms with E-state index >= 15 is 0 Å². The standard InChI is InChI=1S/C16H22N2O4S/c1-11-3-5-12(6-4-11)18(23(2,20)21)10-16(19)17-14-9-15-13(14)7-8-22-15/h3-6,13-15H,7-10H2,1-2H3,(H,17,19)/t13-,14+,15+/m0/s1. The predicted octanol–water partition coefficient (Wildman–Crippen LogP) is 1.05. The average Bonchev–Trinajstić information content (AvgIpc) is 2.83. The second-order valence-electron chi connectivity index (χ2n) is 6.38. The van der Waals surface area contributed by atoms with Crippen LogP contribution in [0.1, 0.15) is 18.4 Å². The molecular weight excluding hydrogens is 316 g/mol. The molecule has 1 N–H and O–H groups in total. The SMILES string of the molecule is Cc1ccc(N(CC(=O)N[C@@H]2C[C@H]3OCC[C@@H]23)S(C)(=O)=O)cc1. The minimum absolute atomic E-state index is 0.106. The van der Waals surface area contributed by atoms with E-state index < -0.39 is 10.0 Å². The number of ether oxygens (including phenoxy) is 1. The Hall–Kier alpha value is -1.60. The van der Waals surface area contributed by atoms with Crippen LogP contribution in [0.3, 0.4) is 0 Å². The van der Waals surface area contributed by atoms with Crippen molar-refractivity contribution in [2.24, 2.45) is 5.92 Å². The van der Waals surface area contributed by atoms with Crippen LogP contribution < -0.4 is 9.62 Å².